The van der Waals surface area contributed by atoms with Crippen LogP contribution in [0.25, 0.3) is 0 Å². The summed E-state index contributed by atoms with van der Waals surface area (Å²) in [5.41, 5.74) is 1.92. The number of quaternary nitrogens is 1. The van der Waals surface area contributed by atoms with E-state index >= 15 is 0 Å². The summed E-state index contributed by atoms with van der Waals surface area (Å²) in [6.07, 6.45) is 1.95. The Kier molecular flexibility index (Phi) is 6.79. The van der Waals surface area contributed by atoms with E-state index in [1.54, 1.807) is 0 Å². The minimum absolute atomic E-state index is 0.0488. The first-order valence-corrected chi connectivity index (χ1v) is 10.8. The summed E-state index contributed by atoms with van der Waals surface area (Å²) in [7, 11) is 0. The third kappa shape index (κ3) is 5.61. The van der Waals surface area contributed by atoms with E-state index in [4.69, 9.17) is 4.74 Å². The molecule has 1 aliphatic heterocycles. The molecular formula is C25H30N4O2+2. The van der Waals surface area contributed by atoms with Crippen molar-refractivity contribution in [2.75, 3.05) is 36.4 Å². The predicted octanol–water partition coefficient (Wildman–Crippen LogP) is 1.81. The van der Waals surface area contributed by atoms with Crippen LogP contribution >= 0.6 is 0 Å². The number of amides is 1. The Balaban J connectivity index is 1.25. The fourth-order valence-corrected chi connectivity index (χ4v) is 3.86. The zero-order valence-corrected chi connectivity index (χ0v) is 17.9. The monoisotopic (exact) mass is 418 g/mol. The van der Waals surface area contributed by atoms with Crippen LogP contribution in [0.15, 0.2) is 79.0 Å². The van der Waals surface area contributed by atoms with Crippen LogP contribution in [0.1, 0.15) is 12.5 Å². The number of aromatic amines is 1. The maximum atomic E-state index is 12.8. The summed E-state index contributed by atoms with van der Waals surface area (Å²) in [6, 6.07) is 23.7. The largest absolute Gasteiger partial charge is 0.489 e. The minimum atomic E-state index is -0.101. The zero-order valence-electron chi connectivity index (χ0n) is 17.9. The van der Waals surface area contributed by atoms with Gasteiger partial charge in [0.05, 0.1) is 6.20 Å². The number of aromatic nitrogens is 1. The van der Waals surface area contributed by atoms with Crippen molar-refractivity contribution in [3.8, 4) is 5.75 Å². The van der Waals surface area contributed by atoms with E-state index in [2.05, 4.69) is 21.3 Å². The van der Waals surface area contributed by atoms with Crippen molar-refractivity contribution in [2.24, 2.45) is 0 Å². The summed E-state index contributed by atoms with van der Waals surface area (Å²) >= 11 is 0. The lowest BCUT2D eigenvalue weighted by Gasteiger charge is -2.31. The molecule has 2 heterocycles. The van der Waals surface area contributed by atoms with Gasteiger partial charge in [-0.05, 0) is 42.8 Å². The lowest BCUT2D eigenvalue weighted by molar-refractivity contribution is -0.914. The normalized spacial score (nSPS) is 15.3. The lowest BCUT2D eigenvalue weighted by atomic mass is 10.2. The molecule has 0 radical (unpaired) electrons. The number of carbonyl (C=O) groups excluding carboxylic acids is 1. The molecule has 1 saturated heterocycles. The number of piperazine rings is 1. The summed E-state index contributed by atoms with van der Waals surface area (Å²) in [6.45, 7) is 6.26. The molecule has 1 atom stereocenters. The van der Waals surface area contributed by atoms with Crippen molar-refractivity contribution in [2.45, 2.75) is 19.6 Å². The smallest absolute Gasteiger partial charge is 0.282 e. The van der Waals surface area contributed by atoms with Gasteiger partial charge in [-0.25, -0.2) is 4.98 Å². The molecule has 1 aromatic heterocycles. The number of rotatable bonds is 7. The SMILES string of the molecule is C[C@@H](C(=O)Nc1ccc(OCc2ccccc2)cc1)[NH+]1CCN(c2cccc[nH+]2)CC1. The first-order chi connectivity index (χ1) is 15.2. The number of nitrogens with one attached hydrogen (secondary N) is 3. The average Bonchev–Trinajstić information content (AvgIpc) is 2.84. The van der Waals surface area contributed by atoms with E-state index in [0.717, 1.165) is 49.0 Å². The lowest BCUT2D eigenvalue weighted by Crippen LogP contribution is -3.19. The highest BCUT2D eigenvalue weighted by Gasteiger charge is 2.32. The Hall–Kier alpha value is -3.38. The van der Waals surface area contributed by atoms with Crippen LogP contribution in [-0.4, -0.2) is 38.1 Å². The maximum Gasteiger partial charge on any atom is 0.282 e. The van der Waals surface area contributed by atoms with E-state index in [-0.39, 0.29) is 11.9 Å². The molecule has 6 nitrogen and oxygen atoms in total. The Bertz CT molecular complexity index is 956. The number of anilines is 2. The van der Waals surface area contributed by atoms with Crippen molar-refractivity contribution in [3.63, 3.8) is 0 Å². The second kappa shape index (κ2) is 10.1. The van der Waals surface area contributed by atoms with Gasteiger partial charge < -0.3 is 15.0 Å². The molecule has 0 unspecified atom stereocenters. The topological polar surface area (TPSA) is 60.1 Å². The third-order valence-electron chi connectivity index (χ3n) is 5.81. The fraction of sp³-hybridized carbons (Fsp3) is 0.280. The first-order valence-electron chi connectivity index (χ1n) is 10.8. The molecule has 6 heteroatoms. The minimum Gasteiger partial charge on any atom is -0.489 e. The van der Waals surface area contributed by atoms with Gasteiger partial charge in [0.15, 0.2) is 6.04 Å². The van der Waals surface area contributed by atoms with Crippen LogP contribution in [0.5, 0.6) is 5.75 Å². The number of pyridine rings is 1. The van der Waals surface area contributed by atoms with E-state index in [1.165, 1.54) is 4.90 Å². The van der Waals surface area contributed by atoms with Crippen LogP contribution in [0, 0.1) is 0 Å². The van der Waals surface area contributed by atoms with Gasteiger partial charge in [-0.1, -0.05) is 36.4 Å². The maximum absolute atomic E-state index is 12.8. The molecule has 1 fully saturated rings. The quantitative estimate of drug-likeness (QED) is 0.615. The Morgan fingerprint density at radius 3 is 2.42 bits per heavy atom. The molecule has 31 heavy (non-hydrogen) atoms. The molecule has 160 valence electrons. The van der Waals surface area contributed by atoms with Gasteiger partial charge in [0, 0.05) is 11.8 Å². The molecule has 1 amide bonds. The molecule has 0 spiro atoms. The van der Waals surface area contributed by atoms with Crippen LogP contribution in [0.4, 0.5) is 11.5 Å². The van der Waals surface area contributed by atoms with E-state index in [9.17, 15) is 4.79 Å². The average molecular weight is 419 g/mol. The fourth-order valence-electron chi connectivity index (χ4n) is 3.86. The van der Waals surface area contributed by atoms with Crippen LogP contribution in [-0.2, 0) is 11.4 Å². The number of ether oxygens (including phenoxy) is 1. The molecule has 4 rings (SSSR count). The number of H-pyrrole nitrogens is 1. The van der Waals surface area contributed by atoms with Crippen molar-refractivity contribution < 1.29 is 19.4 Å². The Morgan fingerprint density at radius 2 is 1.74 bits per heavy atom. The van der Waals surface area contributed by atoms with Crippen molar-refractivity contribution in [3.05, 3.63) is 84.6 Å². The van der Waals surface area contributed by atoms with Gasteiger partial charge in [0.25, 0.3) is 11.7 Å². The van der Waals surface area contributed by atoms with Crippen LogP contribution in [0.2, 0.25) is 0 Å². The molecule has 0 saturated carbocycles. The highest BCUT2D eigenvalue weighted by Crippen LogP contribution is 2.17. The van der Waals surface area contributed by atoms with E-state index < -0.39 is 0 Å². The van der Waals surface area contributed by atoms with Crippen LogP contribution < -0.4 is 24.8 Å². The van der Waals surface area contributed by atoms with Crippen LogP contribution in [0.3, 0.4) is 0 Å². The molecule has 0 aliphatic carbocycles. The van der Waals surface area contributed by atoms with E-state index in [1.807, 2.05) is 79.9 Å². The summed E-state index contributed by atoms with van der Waals surface area (Å²) in [4.78, 5) is 19.7. The first kappa shape index (κ1) is 20.9. The molecule has 1 aliphatic rings. The highest BCUT2D eigenvalue weighted by molar-refractivity contribution is 5.93. The zero-order chi connectivity index (χ0) is 21.5. The molecular weight excluding hydrogens is 388 g/mol. The van der Waals surface area contributed by atoms with Crippen molar-refractivity contribution in [1.29, 1.82) is 0 Å². The number of hydrogen-bond donors (Lipinski definition) is 2. The molecule has 2 aromatic carbocycles. The summed E-state index contributed by atoms with van der Waals surface area (Å²) < 4.78 is 5.82. The molecule has 3 N–H and O–H groups in total. The van der Waals surface area contributed by atoms with Gasteiger partial charge in [-0.2, -0.15) is 0 Å². The standard InChI is InChI=1S/C25H28N4O2/c1-20(28-15-17-29(18-16-28)24-9-5-6-14-26-24)25(30)27-22-10-12-23(13-11-22)31-19-21-7-3-2-4-8-21/h2-14,20H,15-19H2,1H3,(H,27,30)/p+2/t20-/m0/s1. The summed E-state index contributed by atoms with van der Waals surface area (Å²) in [5, 5.41) is 3.05. The number of carbonyl (C=O) groups is 1. The number of benzene rings is 2. The van der Waals surface area contributed by atoms with E-state index in [0.29, 0.717) is 6.61 Å². The van der Waals surface area contributed by atoms with Crippen molar-refractivity contribution >= 4 is 17.4 Å². The number of nitrogens with zero attached hydrogens (tertiary/aromatic N) is 1. The van der Waals surface area contributed by atoms with Gasteiger partial charge in [0.1, 0.15) is 38.5 Å². The molecule has 3 aromatic rings. The third-order valence-corrected chi connectivity index (χ3v) is 5.81. The Labute approximate surface area is 183 Å². The van der Waals surface area contributed by atoms with Gasteiger partial charge >= 0.3 is 0 Å². The van der Waals surface area contributed by atoms with Gasteiger partial charge in [-0.3, -0.25) is 9.69 Å². The summed E-state index contributed by atoms with van der Waals surface area (Å²) in [5.74, 6) is 1.97. The van der Waals surface area contributed by atoms with Gasteiger partial charge in [0.2, 0.25) is 0 Å². The van der Waals surface area contributed by atoms with Crippen molar-refractivity contribution in [1.82, 2.24) is 0 Å². The second-order valence-electron chi connectivity index (χ2n) is 7.90. The predicted molar refractivity (Wildman–Crippen MR) is 121 cm³/mol. The van der Waals surface area contributed by atoms with Gasteiger partial charge in [-0.15, -0.1) is 0 Å². The second-order valence-corrected chi connectivity index (χ2v) is 7.90. The highest BCUT2D eigenvalue weighted by atomic mass is 16.5. The Morgan fingerprint density at radius 1 is 1.03 bits per heavy atom. The number of hydrogen-bond acceptors (Lipinski definition) is 3. The molecule has 0 bridgehead atoms.